The van der Waals surface area contributed by atoms with Gasteiger partial charge in [-0.2, -0.15) is 0 Å². The molecule has 0 radical (unpaired) electrons. The van der Waals surface area contributed by atoms with E-state index in [1.165, 1.54) is 6.07 Å². The van der Waals surface area contributed by atoms with Crippen molar-refractivity contribution < 1.29 is 33.3 Å². The van der Waals surface area contributed by atoms with E-state index in [-0.39, 0.29) is 35.9 Å². The highest BCUT2D eigenvalue weighted by molar-refractivity contribution is 5.98. The second kappa shape index (κ2) is 13.9. The number of carboxylic acid groups (broad SMARTS) is 1. The first-order valence-corrected chi connectivity index (χ1v) is 16.5. The first kappa shape index (κ1) is 31.4. The zero-order valence-corrected chi connectivity index (χ0v) is 26.3. The summed E-state index contributed by atoms with van der Waals surface area (Å²) < 4.78 is 34.0. The van der Waals surface area contributed by atoms with Crippen molar-refractivity contribution in [2.45, 2.75) is 63.8 Å². The number of nitrogens with zero attached hydrogens (tertiary/aromatic N) is 4. The van der Waals surface area contributed by atoms with Gasteiger partial charge < -0.3 is 23.9 Å². The molecule has 0 spiro atoms. The molecule has 3 fully saturated rings. The molecule has 47 heavy (non-hydrogen) atoms. The van der Waals surface area contributed by atoms with E-state index < -0.39 is 11.8 Å². The normalized spacial score (nSPS) is 19.5. The number of fused-ring (bicyclic) bond motifs is 1. The Morgan fingerprint density at radius 1 is 0.936 bits per heavy atom. The summed E-state index contributed by atoms with van der Waals surface area (Å²) >= 11 is 0. The van der Waals surface area contributed by atoms with E-state index in [1.54, 1.807) is 36.4 Å². The molecule has 1 atom stereocenters. The molecule has 4 aromatic rings. The van der Waals surface area contributed by atoms with Gasteiger partial charge in [0, 0.05) is 54.5 Å². The van der Waals surface area contributed by atoms with Crippen LogP contribution in [0.25, 0.3) is 11.0 Å². The van der Waals surface area contributed by atoms with Crippen LogP contribution in [-0.4, -0.2) is 75.3 Å². The highest BCUT2D eigenvalue weighted by Gasteiger charge is 2.27. The molecule has 1 N–H and O–H groups in total. The van der Waals surface area contributed by atoms with E-state index in [0.29, 0.717) is 56.2 Å². The third kappa shape index (κ3) is 7.07. The largest absolute Gasteiger partial charge is 0.478 e. The van der Waals surface area contributed by atoms with Crippen LogP contribution in [0.2, 0.25) is 0 Å². The molecular weight excluding hydrogens is 603 g/mol. The summed E-state index contributed by atoms with van der Waals surface area (Å²) in [7, 11) is 0. The number of ether oxygens (including phenoxy) is 3. The predicted octanol–water partition coefficient (Wildman–Crippen LogP) is 5.63. The number of ketones is 1. The van der Waals surface area contributed by atoms with Crippen molar-refractivity contribution in [1.29, 1.82) is 0 Å². The Labute approximate surface area is 272 Å². The maximum absolute atomic E-state index is 14.9. The quantitative estimate of drug-likeness (QED) is 0.208. The number of imidazole rings is 1. The number of aromatic carboxylic acids is 1. The molecule has 0 saturated carbocycles. The number of aromatic nitrogens is 3. The average molecular weight is 643 g/mol. The number of rotatable bonds is 11. The fourth-order valence-electron chi connectivity index (χ4n) is 6.75. The van der Waals surface area contributed by atoms with Gasteiger partial charge in [-0.1, -0.05) is 18.2 Å². The molecule has 246 valence electrons. The Bertz CT molecular complexity index is 1760. The molecule has 0 bridgehead atoms. The maximum atomic E-state index is 14.9. The molecule has 0 aliphatic carbocycles. The molecular formula is C36H39FN4O6. The Hall–Kier alpha value is -4.19. The highest BCUT2D eigenvalue weighted by Crippen LogP contribution is 2.30. The molecule has 3 aliphatic heterocycles. The Morgan fingerprint density at radius 3 is 2.45 bits per heavy atom. The van der Waals surface area contributed by atoms with Crippen molar-refractivity contribution in [2.24, 2.45) is 5.92 Å². The lowest BCUT2D eigenvalue weighted by molar-refractivity contribution is -0.0592. The van der Waals surface area contributed by atoms with Crippen LogP contribution >= 0.6 is 0 Å². The van der Waals surface area contributed by atoms with Crippen molar-refractivity contribution in [3.63, 3.8) is 0 Å². The van der Waals surface area contributed by atoms with Crippen LogP contribution in [-0.2, 0) is 29.2 Å². The number of halogens is 1. The third-order valence-electron chi connectivity index (χ3n) is 9.68. The number of carbonyl (C=O) groups is 2. The molecule has 7 rings (SSSR count). The summed E-state index contributed by atoms with van der Waals surface area (Å²) in [6.07, 6.45) is 4.28. The zero-order valence-electron chi connectivity index (χ0n) is 26.3. The van der Waals surface area contributed by atoms with Crippen LogP contribution in [0.3, 0.4) is 0 Å². The minimum atomic E-state index is -0.952. The van der Waals surface area contributed by atoms with E-state index >= 15 is 0 Å². The SMILES string of the molecule is O=C(O)c1ccc2nc(CN3CCC(c4cccc(OCc5ccc(C(=O)C6CCOCC6)cc5F)n4)CC3)n(C[C@@H]3CCO3)c2c1. The first-order chi connectivity index (χ1) is 22.9. The van der Waals surface area contributed by atoms with Crippen LogP contribution in [0.5, 0.6) is 5.88 Å². The van der Waals surface area contributed by atoms with Gasteiger partial charge >= 0.3 is 5.97 Å². The number of hydrogen-bond donors (Lipinski definition) is 1. The molecule has 3 aliphatic rings. The molecule has 3 saturated heterocycles. The van der Waals surface area contributed by atoms with E-state index in [9.17, 15) is 19.1 Å². The lowest BCUT2D eigenvalue weighted by atomic mass is 9.90. The smallest absolute Gasteiger partial charge is 0.335 e. The van der Waals surface area contributed by atoms with Gasteiger partial charge in [0.1, 0.15) is 18.2 Å². The van der Waals surface area contributed by atoms with Crippen LogP contribution < -0.4 is 4.74 Å². The van der Waals surface area contributed by atoms with Crippen molar-refractivity contribution in [1.82, 2.24) is 19.4 Å². The second-order valence-corrected chi connectivity index (χ2v) is 12.7. The van der Waals surface area contributed by atoms with Crippen LogP contribution in [0, 0.1) is 11.7 Å². The van der Waals surface area contributed by atoms with Gasteiger partial charge in [0.15, 0.2) is 5.78 Å². The van der Waals surface area contributed by atoms with Crippen molar-refractivity contribution in [2.75, 3.05) is 32.9 Å². The van der Waals surface area contributed by atoms with Crippen molar-refractivity contribution in [3.05, 3.63) is 88.6 Å². The monoisotopic (exact) mass is 642 g/mol. The van der Waals surface area contributed by atoms with Crippen LogP contribution in [0.1, 0.15) is 75.8 Å². The summed E-state index contributed by atoms with van der Waals surface area (Å²) in [5.74, 6) is 0.0680. The van der Waals surface area contributed by atoms with Crippen LogP contribution in [0.4, 0.5) is 4.39 Å². The topological polar surface area (TPSA) is 116 Å². The first-order valence-electron chi connectivity index (χ1n) is 16.5. The summed E-state index contributed by atoms with van der Waals surface area (Å²) in [6, 6.07) is 15.4. The minimum Gasteiger partial charge on any atom is -0.478 e. The van der Waals surface area contributed by atoms with Gasteiger partial charge in [0.25, 0.3) is 0 Å². The average Bonchev–Trinajstić information content (AvgIpc) is 3.42. The van der Waals surface area contributed by atoms with E-state index in [2.05, 4.69) is 9.47 Å². The van der Waals surface area contributed by atoms with Gasteiger partial charge in [0.2, 0.25) is 5.88 Å². The fraction of sp³-hybridized carbons (Fsp3) is 0.444. The molecule has 0 amide bonds. The number of Topliss-reactive ketones (excluding diaryl/α,β-unsaturated/α-hetero) is 1. The lowest BCUT2D eigenvalue weighted by Gasteiger charge is -2.32. The standard InChI is InChI=1S/C36H39FN4O6/c37-29-18-25(35(42)24-10-15-45-16-11-24)4-5-27(29)22-47-34-3-1-2-30(39-34)23-8-13-40(14-9-23)21-33-38-31-7-6-26(36(43)44)19-32(31)41(33)20-28-12-17-46-28/h1-7,18-19,23-24,28H,8-17,20-22H2,(H,43,44)/t28-/m0/s1. The van der Waals surface area contributed by atoms with Gasteiger partial charge in [-0.05, 0) is 75.5 Å². The van der Waals surface area contributed by atoms with E-state index in [4.69, 9.17) is 24.2 Å². The van der Waals surface area contributed by atoms with Gasteiger partial charge in [0.05, 0.1) is 35.8 Å². The van der Waals surface area contributed by atoms with E-state index in [1.807, 2.05) is 12.1 Å². The Kier molecular flexibility index (Phi) is 9.28. The van der Waals surface area contributed by atoms with Gasteiger partial charge in [-0.25, -0.2) is 19.2 Å². The molecule has 2 aromatic heterocycles. The number of carboxylic acids is 1. The summed E-state index contributed by atoms with van der Waals surface area (Å²) in [6.45, 7) is 4.96. The molecule has 11 heteroatoms. The maximum Gasteiger partial charge on any atom is 0.335 e. The van der Waals surface area contributed by atoms with Gasteiger partial charge in [-0.15, -0.1) is 0 Å². The molecule has 5 heterocycles. The lowest BCUT2D eigenvalue weighted by Crippen LogP contribution is -2.35. The summed E-state index contributed by atoms with van der Waals surface area (Å²) in [5.41, 5.74) is 3.59. The third-order valence-corrected chi connectivity index (χ3v) is 9.68. The number of likely N-dealkylation sites (tertiary alicyclic amines) is 1. The zero-order chi connectivity index (χ0) is 32.3. The molecule has 0 unspecified atom stereocenters. The number of benzene rings is 2. The molecule has 10 nitrogen and oxygen atoms in total. The Balaban J connectivity index is 0.961. The number of carbonyl (C=O) groups excluding carboxylic acids is 1. The fourth-order valence-corrected chi connectivity index (χ4v) is 6.75. The predicted molar refractivity (Wildman–Crippen MR) is 171 cm³/mol. The summed E-state index contributed by atoms with van der Waals surface area (Å²) in [4.78, 5) is 36.4. The van der Waals surface area contributed by atoms with Crippen molar-refractivity contribution in [3.8, 4) is 5.88 Å². The van der Waals surface area contributed by atoms with Crippen LogP contribution in [0.15, 0.2) is 54.6 Å². The molecule has 2 aromatic carbocycles. The number of piperidine rings is 1. The second-order valence-electron chi connectivity index (χ2n) is 12.7. The van der Waals surface area contributed by atoms with Crippen molar-refractivity contribution >= 4 is 22.8 Å². The highest BCUT2D eigenvalue weighted by atomic mass is 19.1. The van der Waals surface area contributed by atoms with E-state index in [0.717, 1.165) is 61.5 Å². The minimum absolute atomic E-state index is 0.0212. The number of hydrogen-bond acceptors (Lipinski definition) is 8. The summed E-state index contributed by atoms with van der Waals surface area (Å²) in [5, 5.41) is 9.53. The Morgan fingerprint density at radius 2 is 1.72 bits per heavy atom. The number of pyridine rings is 1. The van der Waals surface area contributed by atoms with Gasteiger partial charge in [-0.3, -0.25) is 9.69 Å².